The Hall–Kier alpha value is -2.29. The zero-order chi connectivity index (χ0) is 25.9. The van der Waals surface area contributed by atoms with Crippen LogP contribution in [0.4, 0.5) is 0 Å². The van der Waals surface area contributed by atoms with Crippen molar-refractivity contribution in [1.82, 2.24) is 0 Å². The monoisotopic (exact) mass is 492 g/mol. The van der Waals surface area contributed by atoms with Gasteiger partial charge in [0.05, 0.1) is 18.8 Å². The number of carbonyl (C=O) groups is 3. The van der Waals surface area contributed by atoms with Crippen LogP contribution >= 0.6 is 0 Å². The van der Waals surface area contributed by atoms with Gasteiger partial charge in [-0.3, -0.25) is 9.59 Å². The van der Waals surface area contributed by atoms with E-state index in [2.05, 4.69) is 19.9 Å². The number of esters is 2. The van der Waals surface area contributed by atoms with Gasteiger partial charge in [0.2, 0.25) is 0 Å². The van der Waals surface area contributed by atoms with Gasteiger partial charge in [-0.05, 0) is 56.9 Å². The van der Waals surface area contributed by atoms with Crippen LogP contribution in [0.1, 0.15) is 58.8 Å². The smallest absolute Gasteiger partial charge is 0.330 e. The van der Waals surface area contributed by atoms with Crippen molar-refractivity contribution in [1.29, 1.82) is 0 Å². The maximum Gasteiger partial charge on any atom is 0.330 e. The zero-order valence-corrected chi connectivity index (χ0v) is 21.1. The normalized spacial score (nSPS) is 31.3. The summed E-state index contributed by atoms with van der Waals surface area (Å²) in [5, 5.41) is 17.1. The fourth-order valence-corrected chi connectivity index (χ4v) is 5.81. The molecule has 0 spiro atoms. The lowest BCUT2D eigenvalue weighted by Gasteiger charge is -2.58. The van der Waals surface area contributed by atoms with Gasteiger partial charge >= 0.3 is 11.9 Å². The number of hydrogen-bond donors (Lipinski definition) is 2. The Morgan fingerprint density at radius 2 is 1.94 bits per heavy atom. The largest absolute Gasteiger partial charge is 0.465 e. The maximum absolute atomic E-state index is 12.5. The molecule has 0 aromatic heterocycles. The van der Waals surface area contributed by atoms with Crippen molar-refractivity contribution in [3.63, 3.8) is 0 Å². The molecule has 1 saturated carbocycles. The minimum atomic E-state index is -0.488. The van der Waals surface area contributed by atoms with Crippen LogP contribution < -0.4 is 0 Å². The van der Waals surface area contributed by atoms with E-state index >= 15 is 0 Å². The molecule has 0 aromatic rings. The average molecular weight is 493 g/mol. The van der Waals surface area contributed by atoms with Crippen LogP contribution in [0, 0.1) is 16.7 Å². The van der Waals surface area contributed by atoms with E-state index in [0.717, 1.165) is 32.8 Å². The number of allylic oxidation sites excluding steroid dienone is 4. The van der Waals surface area contributed by atoms with Crippen molar-refractivity contribution in [3.8, 4) is 0 Å². The summed E-state index contributed by atoms with van der Waals surface area (Å²) in [7, 11) is 1.00. The minimum Gasteiger partial charge on any atom is -0.465 e. The van der Waals surface area contributed by atoms with Crippen molar-refractivity contribution >= 4 is 18.2 Å². The molecule has 8 heteroatoms. The number of unbranched alkanes of at least 4 members (excludes halogenated alkanes) is 1. The molecular formula is C27H40O8. The molecule has 4 unspecified atom stereocenters. The summed E-state index contributed by atoms with van der Waals surface area (Å²) in [6.07, 6.45) is 13.3. The number of aliphatic hydroxyl groups is 2. The number of carbonyl (C=O) groups excluding carboxylic acids is 3. The third kappa shape index (κ3) is 6.68. The van der Waals surface area contributed by atoms with E-state index in [1.165, 1.54) is 29.9 Å². The van der Waals surface area contributed by atoms with E-state index in [-0.39, 0.29) is 54.6 Å². The molecular weight excluding hydrogens is 452 g/mol. The van der Waals surface area contributed by atoms with Crippen molar-refractivity contribution in [3.05, 3.63) is 36.0 Å². The topological polar surface area (TPSA) is 119 Å². The van der Waals surface area contributed by atoms with E-state index < -0.39 is 5.97 Å². The third-order valence-electron chi connectivity index (χ3n) is 7.86. The highest BCUT2D eigenvalue weighted by Gasteiger charge is 2.65. The molecule has 2 fully saturated rings. The molecule has 2 N–H and O–H groups in total. The summed E-state index contributed by atoms with van der Waals surface area (Å²) in [6, 6.07) is 0. The average Bonchev–Trinajstić information content (AvgIpc) is 3.12. The van der Waals surface area contributed by atoms with Gasteiger partial charge in [0.1, 0.15) is 12.9 Å². The van der Waals surface area contributed by atoms with Crippen molar-refractivity contribution < 1.29 is 38.8 Å². The summed E-state index contributed by atoms with van der Waals surface area (Å²) in [5.41, 5.74) is 0.856. The predicted molar refractivity (Wildman–Crippen MR) is 130 cm³/mol. The van der Waals surface area contributed by atoms with E-state index in [9.17, 15) is 19.5 Å². The maximum atomic E-state index is 12.5. The Morgan fingerprint density at radius 1 is 1.17 bits per heavy atom. The van der Waals surface area contributed by atoms with E-state index in [0.29, 0.717) is 25.7 Å². The molecule has 2 bridgehead atoms. The number of aliphatic hydroxyl groups excluding tert-OH is 2. The summed E-state index contributed by atoms with van der Waals surface area (Å²) in [4.78, 5) is 34.2. The summed E-state index contributed by atoms with van der Waals surface area (Å²) in [5.74, 6) is -0.682. The molecule has 8 nitrogen and oxygen atoms in total. The Bertz CT molecular complexity index is 816. The zero-order valence-electron chi connectivity index (χ0n) is 21.1. The first kappa shape index (κ1) is 28.9. The van der Waals surface area contributed by atoms with Crippen LogP contribution in [0.3, 0.4) is 0 Å². The summed E-state index contributed by atoms with van der Waals surface area (Å²) >= 11 is 0. The van der Waals surface area contributed by atoms with Crippen LogP contribution in [0.2, 0.25) is 0 Å². The lowest BCUT2D eigenvalue weighted by atomic mass is 9.52. The number of aldehydes is 1. The van der Waals surface area contributed by atoms with Gasteiger partial charge in [-0.25, -0.2) is 4.79 Å². The number of fused-ring (bicyclic) bond motifs is 4. The minimum absolute atomic E-state index is 0.0644. The van der Waals surface area contributed by atoms with Gasteiger partial charge in [0.25, 0.3) is 0 Å². The molecule has 196 valence electrons. The SMILES string of the molecule is CC1=CC2OC3CCC(C)(C3CO)[C@@]2(COC(=O)CCCCOC(=O)/C=C/C=C\C=O)CC1.CO. The third-order valence-corrected chi connectivity index (χ3v) is 7.86. The predicted octanol–water partition coefficient (Wildman–Crippen LogP) is 3.07. The first-order chi connectivity index (χ1) is 16.9. The van der Waals surface area contributed by atoms with Gasteiger partial charge in [-0.2, -0.15) is 0 Å². The number of rotatable bonds is 11. The molecule has 1 saturated heterocycles. The Morgan fingerprint density at radius 3 is 2.66 bits per heavy atom. The number of hydrogen-bond acceptors (Lipinski definition) is 8. The highest BCUT2D eigenvalue weighted by Crippen LogP contribution is 2.64. The molecule has 0 amide bonds. The lowest BCUT2D eigenvalue weighted by molar-refractivity contribution is -0.217. The molecule has 35 heavy (non-hydrogen) atoms. The molecule has 5 atom stereocenters. The Balaban J connectivity index is 0.00000210. The molecule has 1 heterocycles. The van der Waals surface area contributed by atoms with E-state index in [1.807, 2.05) is 0 Å². The lowest BCUT2D eigenvalue weighted by Crippen LogP contribution is -2.61. The van der Waals surface area contributed by atoms with E-state index in [1.54, 1.807) is 0 Å². The molecule has 2 aliphatic carbocycles. The van der Waals surface area contributed by atoms with Gasteiger partial charge < -0.3 is 24.4 Å². The standard InChI is InChI=1S/C26H36O7.CH4O/c1-19-10-13-26(22(16-19)33-21-11-12-25(26,2)20(21)17-28)18-32-24(30)9-5-7-15-31-23(29)8-4-3-6-14-27;1-2/h3-4,6,8,14,16,20-22,28H,5,7,9-13,15,17-18H2,1-2H3;2H,1H3/b6-3-,8-4+;/t20?,21?,22?,25?,26-;/m1./s1. The Labute approximate surface area is 208 Å². The highest BCUT2D eigenvalue weighted by atomic mass is 16.5. The fourth-order valence-electron chi connectivity index (χ4n) is 5.81. The summed E-state index contributed by atoms with van der Waals surface area (Å²) in [6.45, 7) is 4.96. The Kier molecular flexibility index (Phi) is 11.3. The van der Waals surface area contributed by atoms with Crippen LogP contribution in [-0.2, 0) is 28.6 Å². The second-order valence-electron chi connectivity index (χ2n) is 9.67. The second-order valence-corrected chi connectivity index (χ2v) is 9.67. The quantitative estimate of drug-likeness (QED) is 0.113. The van der Waals surface area contributed by atoms with Gasteiger partial charge in [-0.1, -0.05) is 30.7 Å². The molecule has 0 radical (unpaired) electrons. The van der Waals surface area contributed by atoms with Crippen molar-refractivity contribution in [2.45, 2.75) is 71.0 Å². The van der Waals surface area contributed by atoms with Gasteiger partial charge in [-0.15, -0.1) is 0 Å². The van der Waals surface area contributed by atoms with Crippen LogP contribution in [0.5, 0.6) is 0 Å². The van der Waals surface area contributed by atoms with Crippen molar-refractivity contribution in [2.75, 3.05) is 26.9 Å². The van der Waals surface area contributed by atoms with Crippen LogP contribution in [-0.4, -0.2) is 67.6 Å². The molecule has 1 aliphatic heterocycles. The first-order valence-corrected chi connectivity index (χ1v) is 12.4. The van der Waals surface area contributed by atoms with Crippen molar-refractivity contribution in [2.24, 2.45) is 16.7 Å². The number of ether oxygens (including phenoxy) is 3. The highest BCUT2D eigenvalue weighted by molar-refractivity contribution is 5.82. The molecule has 0 aromatic carbocycles. The second kappa shape index (κ2) is 13.7. The van der Waals surface area contributed by atoms with E-state index in [4.69, 9.17) is 19.3 Å². The molecule has 3 aliphatic rings. The van der Waals surface area contributed by atoms with Gasteiger partial charge in [0, 0.05) is 37.5 Å². The van der Waals surface area contributed by atoms with Crippen LogP contribution in [0.15, 0.2) is 36.0 Å². The first-order valence-electron chi connectivity index (χ1n) is 12.4. The molecule has 3 rings (SSSR count). The van der Waals surface area contributed by atoms with Crippen LogP contribution in [0.25, 0.3) is 0 Å². The van der Waals surface area contributed by atoms with Gasteiger partial charge in [0.15, 0.2) is 0 Å². The fraction of sp³-hybridized carbons (Fsp3) is 0.667. The summed E-state index contributed by atoms with van der Waals surface area (Å²) < 4.78 is 17.3.